The van der Waals surface area contributed by atoms with Crippen LogP contribution in [0.25, 0.3) is 21.8 Å². The molecule has 4 fully saturated rings. The molecule has 39 heavy (non-hydrogen) atoms. The van der Waals surface area contributed by atoms with E-state index in [-0.39, 0.29) is 11.8 Å². The number of hydrogen-bond acceptors (Lipinski definition) is 1. The SMILES string of the molecule is N#Cc1cc2[nH]c3ccc(C45CC6CC(CC(C6)C4)C5)cc3c2c2c1C1c3ccccc3C2c2ccccc21. The average Bonchev–Trinajstić information content (AvgIpc) is 3.33. The van der Waals surface area contributed by atoms with Crippen molar-refractivity contribution in [1.29, 1.82) is 5.26 Å². The standard InChI is InChI=1S/C37H30N2/c38-19-23-14-31-35(36-32(23)33-25-5-1-3-7-27(25)34(36)28-8-4-2-6-26(28)33)29-15-24(9-10-30(29)39-31)37-16-20-11-21(17-37)13-22(12-20)18-37/h1-10,14-15,20-22,33-34,39H,11-13,16-18H2. The van der Waals surface area contributed by atoms with Gasteiger partial charge in [-0.1, -0.05) is 54.6 Å². The van der Waals surface area contributed by atoms with E-state index < -0.39 is 0 Å². The lowest BCUT2D eigenvalue weighted by Crippen LogP contribution is -2.48. The minimum Gasteiger partial charge on any atom is -0.354 e. The van der Waals surface area contributed by atoms with Crippen molar-refractivity contribution in [2.45, 2.75) is 55.8 Å². The lowest BCUT2D eigenvalue weighted by Gasteiger charge is -2.57. The highest BCUT2D eigenvalue weighted by atomic mass is 14.7. The fraction of sp³-hybridized carbons (Fsp3) is 0.324. The number of fused-ring (bicyclic) bond motifs is 3. The Bertz CT molecular complexity index is 1850. The minimum atomic E-state index is 0.118. The van der Waals surface area contributed by atoms with E-state index in [2.05, 4.69) is 83.8 Å². The molecule has 4 aromatic carbocycles. The second kappa shape index (κ2) is 7.02. The van der Waals surface area contributed by atoms with Crippen molar-refractivity contribution >= 4 is 21.8 Å². The lowest BCUT2D eigenvalue weighted by molar-refractivity contribution is -0.00512. The monoisotopic (exact) mass is 502 g/mol. The lowest BCUT2D eigenvalue weighted by atomic mass is 9.48. The van der Waals surface area contributed by atoms with Gasteiger partial charge in [-0.05, 0) is 119 Å². The number of hydrogen-bond donors (Lipinski definition) is 1. The van der Waals surface area contributed by atoms with Crippen LogP contribution in [0.2, 0.25) is 0 Å². The molecule has 5 aromatic rings. The van der Waals surface area contributed by atoms with Gasteiger partial charge in [0.1, 0.15) is 0 Å². The van der Waals surface area contributed by atoms with E-state index in [1.807, 2.05) is 0 Å². The molecule has 4 saturated carbocycles. The molecule has 188 valence electrons. The smallest absolute Gasteiger partial charge is 0.0995 e. The van der Waals surface area contributed by atoms with Crippen LogP contribution >= 0.6 is 0 Å². The van der Waals surface area contributed by atoms with Crippen LogP contribution in [-0.2, 0) is 5.41 Å². The molecule has 0 saturated heterocycles. The summed E-state index contributed by atoms with van der Waals surface area (Å²) in [5.74, 6) is 3.09. The van der Waals surface area contributed by atoms with Gasteiger partial charge in [0.05, 0.1) is 11.6 Å². The third-order valence-corrected chi connectivity index (χ3v) is 11.6. The van der Waals surface area contributed by atoms with Gasteiger partial charge in [0, 0.05) is 33.6 Å². The molecular weight excluding hydrogens is 472 g/mol. The number of rotatable bonds is 1. The molecule has 7 aliphatic rings. The first kappa shape index (κ1) is 21.0. The Labute approximate surface area is 228 Å². The second-order valence-electron chi connectivity index (χ2n) is 13.5. The van der Waals surface area contributed by atoms with E-state index in [4.69, 9.17) is 0 Å². The molecule has 0 radical (unpaired) electrons. The Hall–Kier alpha value is -3.83. The summed E-state index contributed by atoms with van der Waals surface area (Å²) in [6, 6.07) is 30.1. The fourth-order valence-electron chi connectivity index (χ4n) is 10.6. The fourth-order valence-corrected chi connectivity index (χ4v) is 10.6. The van der Waals surface area contributed by atoms with Crippen LogP contribution in [0, 0.1) is 29.1 Å². The van der Waals surface area contributed by atoms with Crippen molar-refractivity contribution in [3.63, 3.8) is 0 Å². The molecule has 0 aliphatic heterocycles. The van der Waals surface area contributed by atoms with Crippen LogP contribution in [0.5, 0.6) is 0 Å². The molecule has 0 unspecified atom stereocenters. The summed E-state index contributed by atoms with van der Waals surface area (Å²) < 4.78 is 0. The molecule has 1 heterocycles. The molecule has 7 aliphatic carbocycles. The van der Waals surface area contributed by atoms with E-state index >= 15 is 0 Å². The van der Waals surface area contributed by atoms with E-state index in [0.29, 0.717) is 5.41 Å². The van der Waals surface area contributed by atoms with Crippen LogP contribution in [-0.4, -0.2) is 4.98 Å². The van der Waals surface area contributed by atoms with Crippen LogP contribution in [0.1, 0.15) is 94.9 Å². The van der Waals surface area contributed by atoms with Gasteiger partial charge in [-0.3, -0.25) is 0 Å². The van der Waals surface area contributed by atoms with Crippen molar-refractivity contribution < 1.29 is 0 Å². The number of nitrogens with zero attached hydrogens (tertiary/aromatic N) is 1. The molecule has 12 rings (SSSR count). The van der Waals surface area contributed by atoms with Crippen LogP contribution in [0.15, 0.2) is 72.8 Å². The van der Waals surface area contributed by atoms with Crippen molar-refractivity contribution in [2.75, 3.05) is 0 Å². The number of H-pyrrole nitrogens is 1. The molecule has 0 atom stereocenters. The van der Waals surface area contributed by atoms with Gasteiger partial charge in [0.2, 0.25) is 0 Å². The Morgan fingerprint density at radius 3 is 1.79 bits per heavy atom. The number of nitriles is 1. The molecule has 0 amide bonds. The predicted molar refractivity (Wildman–Crippen MR) is 155 cm³/mol. The zero-order valence-electron chi connectivity index (χ0n) is 22.0. The highest BCUT2D eigenvalue weighted by Gasteiger charge is 2.51. The van der Waals surface area contributed by atoms with Gasteiger partial charge in [0.15, 0.2) is 0 Å². The van der Waals surface area contributed by atoms with Gasteiger partial charge >= 0.3 is 0 Å². The zero-order valence-corrected chi connectivity index (χ0v) is 22.0. The third-order valence-electron chi connectivity index (χ3n) is 11.6. The van der Waals surface area contributed by atoms with Crippen molar-refractivity contribution in [3.8, 4) is 6.07 Å². The first-order valence-electron chi connectivity index (χ1n) is 14.9. The number of nitrogens with one attached hydrogen (secondary N) is 1. The van der Waals surface area contributed by atoms with Gasteiger partial charge in [-0.15, -0.1) is 0 Å². The third kappa shape index (κ3) is 2.53. The van der Waals surface area contributed by atoms with E-state index in [1.165, 1.54) is 88.2 Å². The second-order valence-corrected chi connectivity index (χ2v) is 13.5. The van der Waals surface area contributed by atoms with Gasteiger partial charge in [-0.2, -0.15) is 5.26 Å². The predicted octanol–water partition coefficient (Wildman–Crippen LogP) is 8.65. The zero-order chi connectivity index (χ0) is 25.5. The highest BCUT2D eigenvalue weighted by Crippen LogP contribution is 2.62. The molecule has 2 heteroatoms. The summed E-state index contributed by atoms with van der Waals surface area (Å²) in [5.41, 5.74) is 13.3. The summed E-state index contributed by atoms with van der Waals surface area (Å²) in [4.78, 5) is 3.76. The maximum absolute atomic E-state index is 10.4. The molecule has 6 bridgehead atoms. The van der Waals surface area contributed by atoms with Gasteiger partial charge in [0.25, 0.3) is 0 Å². The molecule has 1 aromatic heterocycles. The largest absolute Gasteiger partial charge is 0.354 e. The van der Waals surface area contributed by atoms with E-state index in [9.17, 15) is 5.26 Å². The summed E-state index contributed by atoms with van der Waals surface area (Å²) in [7, 11) is 0. The normalized spacial score (nSPS) is 30.8. The van der Waals surface area contributed by atoms with Crippen LogP contribution in [0.4, 0.5) is 0 Å². The van der Waals surface area contributed by atoms with Crippen molar-refractivity contribution in [1.82, 2.24) is 4.98 Å². The average molecular weight is 503 g/mol. The van der Waals surface area contributed by atoms with Crippen LogP contribution < -0.4 is 0 Å². The van der Waals surface area contributed by atoms with Crippen molar-refractivity contribution in [2.24, 2.45) is 17.8 Å². The highest BCUT2D eigenvalue weighted by molar-refractivity contribution is 6.11. The molecule has 2 nitrogen and oxygen atoms in total. The minimum absolute atomic E-state index is 0.118. The topological polar surface area (TPSA) is 39.6 Å². The summed E-state index contributed by atoms with van der Waals surface area (Å²) >= 11 is 0. The maximum Gasteiger partial charge on any atom is 0.0995 e. The van der Waals surface area contributed by atoms with E-state index in [1.54, 1.807) is 5.56 Å². The summed E-state index contributed by atoms with van der Waals surface area (Å²) in [6.07, 6.45) is 8.57. The van der Waals surface area contributed by atoms with Gasteiger partial charge in [-0.25, -0.2) is 0 Å². The Morgan fingerprint density at radius 2 is 1.23 bits per heavy atom. The Kier molecular flexibility index (Phi) is 3.79. The van der Waals surface area contributed by atoms with Gasteiger partial charge < -0.3 is 4.98 Å². The summed E-state index contributed by atoms with van der Waals surface area (Å²) in [6.45, 7) is 0. The molecular formula is C37H30N2. The van der Waals surface area contributed by atoms with E-state index in [0.717, 1.165) is 28.8 Å². The van der Waals surface area contributed by atoms with Crippen LogP contribution in [0.3, 0.4) is 0 Å². The number of benzene rings is 4. The Morgan fingerprint density at radius 1 is 0.667 bits per heavy atom. The maximum atomic E-state index is 10.4. The molecule has 1 N–H and O–H groups in total. The first-order chi connectivity index (χ1) is 19.2. The molecule has 0 spiro atoms. The number of aromatic nitrogens is 1. The first-order valence-corrected chi connectivity index (χ1v) is 14.9. The quantitative estimate of drug-likeness (QED) is 0.240. The van der Waals surface area contributed by atoms with Crippen molar-refractivity contribution in [3.05, 3.63) is 117 Å². The Balaban J connectivity index is 1.28. The summed E-state index contributed by atoms with van der Waals surface area (Å²) in [5, 5.41) is 13.1. The number of aromatic amines is 1.